The van der Waals surface area contributed by atoms with E-state index in [0.717, 1.165) is 12.0 Å². The number of hydrogen-bond acceptors (Lipinski definition) is 7. The molecule has 176 valence electrons. The zero-order chi connectivity index (χ0) is 23.4. The quantitative estimate of drug-likeness (QED) is 0.424. The van der Waals surface area contributed by atoms with Crippen LogP contribution in [0.25, 0.3) is 0 Å². The molecule has 3 atom stereocenters. The Morgan fingerprint density at radius 3 is 2.45 bits per heavy atom. The van der Waals surface area contributed by atoms with Gasteiger partial charge in [-0.3, -0.25) is 9.59 Å². The van der Waals surface area contributed by atoms with Crippen molar-refractivity contribution in [2.45, 2.75) is 25.3 Å². The van der Waals surface area contributed by atoms with Crippen LogP contribution in [-0.4, -0.2) is 57.5 Å². The predicted octanol–water partition coefficient (Wildman–Crippen LogP) is 3.31. The standard InChI is InChI=1S/C25H29NO7/c1-4-12-31-13-11-26-23(16-5-8-18(29-2)9-6-16)22(25(28)30-3)21(24(26)27)17-7-10-19-20(14-17)33-15-32-19/h5-10,14,21-23H,4,11-13,15H2,1-3H3/t21-,22-,23-/m1/s1. The highest BCUT2D eigenvalue weighted by Gasteiger charge is 2.53. The van der Waals surface area contributed by atoms with Gasteiger partial charge < -0.3 is 28.6 Å². The van der Waals surface area contributed by atoms with E-state index >= 15 is 0 Å². The van der Waals surface area contributed by atoms with Gasteiger partial charge in [-0.2, -0.15) is 0 Å². The lowest BCUT2D eigenvalue weighted by atomic mass is 9.82. The molecule has 0 bridgehead atoms. The maximum absolute atomic E-state index is 13.8. The first-order valence-corrected chi connectivity index (χ1v) is 11.1. The number of carbonyl (C=O) groups is 2. The fourth-order valence-electron chi connectivity index (χ4n) is 4.55. The Kier molecular flexibility index (Phi) is 7.03. The molecular weight excluding hydrogens is 426 g/mol. The summed E-state index contributed by atoms with van der Waals surface area (Å²) in [5.41, 5.74) is 1.52. The minimum absolute atomic E-state index is 0.132. The predicted molar refractivity (Wildman–Crippen MR) is 119 cm³/mol. The molecule has 0 aliphatic carbocycles. The summed E-state index contributed by atoms with van der Waals surface area (Å²) < 4.78 is 27.1. The number of methoxy groups -OCH3 is 2. The molecule has 0 aromatic heterocycles. The van der Waals surface area contributed by atoms with Gasteiger partial charge in [0.2, 0.25) is 12.7 Å². The average Bonchev–Trinajstić information content (AvgIpc) is 3.43. The van der Waals surface area contributed by atoms with Crippen molar-refractivity contribution in [3.63, 3.8) is 0 Å². The molecule has 33 heavy (non-hydrogen) atoms. The lowest BCUT2D eigenvalue weighted by Gasteiger charge is -2.28. The maximum atomic E-state index is 13.8. The van der Waals surface area contributed by atoms with Crippen molar-refractivity contribution in [2.24, 2.45) is 5.92 Å². The number of ether oxygens (including phenoxy) is 5. The fraction of sp³-hybridized carbons (Fsp3) is 0.440. The molecule has 2 aliphatic heterocycles. The van der Waals surface area contributed by atoms with Crippen molar-refractivity contribution in [3.05, 3.63) is 53.6 Å². The number of hydrogen-bond donors (Lipinski definition) is 0. The van der Waals surface area contributed by atoms with Gasteiger partial charge in [-0.25, -0.2) is 0 Å². The van der Waals surface area contributed by atoms with Gasteiger partial charge >= 0.3 is 5.97 Å². The minimum Gasteiger partial charge on any atom is -0.497 e. The van der Waals surface area contributed by atoms with Crippen molar-refractivity contribution in [3.8, 4) is 17.2 Å². The molecule has 2 heterocycles. The Morgan fingerprint density at radius 1 is 1.03 bits per heavy atom. The van der Waals surface area contributed by atoms with Crippen molar-refractivity contribution in [2.75, 3.05) is 40.8 Å². The maximum Gasteiger partial charge on any atom is 0.312 e. The molecule has 0 N–H and O–H groups in total. The summed E-state index contributed by atoms with van der Waals surface area (Å²) in [7, 11) is 2.94. The van der Waals surface area contributed by atoms with Gasteiger partial charge in [0, 0.05) is 13.2 Å². The van der Waals surface area contributed by atoms with Crippen molar-refractivity contribution in [1.82, 2.24) is 4.90 Å². The van der Waals surface area contributed by atoms with Gasteiger partial charge in [-0.1, -0.05) is 25.1 Å². The average molecular weight is 456 g/mol. The lowest BCUT2D eigenvalue weighted by molar-refractivity contribution is -0.147. The molecule has 1 saturated heterocycles. The Morgan fingerprint density at radius 2 is 1.76 bits per heavy atom. The number of esters is 1. The third-order valence-corrected chi connectivity index (χ3v) is 6.10. The highest BCUT2D eigenvalue weighted by molar-refractivity contribution is 5.94. The van der Waals surface area contributed by atoms with Crippen LogP contribution in [0.1, 0.15) is 36.4 Å². The van der Waals surface area contributed by atoms with E-state index in [1.807, 2.05) is 37.3 Å². The molecule has 0 spiro atoms. The van der Waals surface area contributed by atoms with Crippen LogP contribution in [0.15, 0.2) is 42.5 Å². The van der Waals surface area contributed by atoms with Crippen LogP contribution in [0.2, 0.25) is 0 Å². The highest BCUT2D eigenvalue weighted by atomic mass is 16.7. The number of amides is 1. The normalized spacial score (nSPS) is 21.4. The van der Waals surface area contributed by atoms with Crippen molar-refractivity contribution >= 4 is 11.9 Å². The molecule has 1 amide bonds. The first-order chi connectivity index (χ1) is 16.1. The van der Waals surface area contributed by atoms with Gasteiger partial charge in [0.15, 0.2) is 11.5 Å². The molecule has 2 aliphatic rings. The number of nitrogens with zero attached hydrogens (tertiary/aromatic N) is 1. The second-order valence-electron chi connectivity index (χ2n) is 8.00. The van der Waals surface area contributed by atoms with Crippen LogP contribution in [-0.2, 0) is 19.1 Å². The van der Waals surface area contributed by atoms with Gasteiger partial charge in [0.05, 0.1) is 38.7 Å². The summed E-state index contributed by atoms with van der Waals surface area (Å²) in [6.45, 7) is 3.52. The minimum atomic E-state index is -0.734. The van der Waals surface area contributed by atoms with Crippen LogP contribution in [0, 0.1) is 5.92 Å². The number of fused-ring (bicyclic) bond motifs is 1. The summed E-state index contributed by atoms with van der Waals surface area (Å²) in [6, 6.07) is 12.3. The molecule has 1 fully saturated rings. The Bertz CT molecular complexity index is 991. The zero-order valence-electron chi connectivity index (χ0n) is 19.1. The molecule has 0 unspecified atom stereocenters. The summed E-state index contributed by atoms with van der Waals surface area (Å²) >= 11 is 0. The van der Waals surface area contributed by atoms with E-state index in [-0.39, 0.29) is 12.7 Å². The van der Waals surface area contributed by atoms with E-state index in [1.54, 1.807) is 24.1 Å². The summed E-state index contributed by atoms with van der Waals surface area (Å²) in [5, 5.41) is 0. The van der Waals surface area contributed by atoms with Crippen LogP contribution >= 0.6 is 0 Å². The van der Waals surface area contributed by atoms with Gasteiger partial charge in [0.25, 0.3) is 0 Å². The Hall–Kier alpha value is -3.26. The van der Waals surface area contributed by atoms with Gasteiger partial charge in [0.1, 0.15) is 5.75 Å². The molecule has 2 aromatic rings. The van der Waals surface area contributed by atoms with E-state index in [0.29, 0.717) is 42.6 Å². The molecule has 0 radical (unpaired) electrons. The van der Waals surface area contributed by atoms with Crippen molar-refractivity contribution < 1.29 is 33.3 Å². The third kappa shape index (κ3) is 4.48. The third-order valence-electron chi connectivity index (χ3n) is 6.10. The van der Waals surface area contributed by atoms with Gasteiger partial charge in [-0.15, -0.1) is 0 Å². The first kappa shape index (κ1) is 22.9. The van der Waals surface area contributed by atoms with E-state index in [2.05, 4.69) is 0 Å². The van der Waals surface area contributed by atoms with Crippen molar-refractivity contribution in [1.29, 1.82) is 0 Å². The first-order valence-electron chi connectivity index (χ1n) is 11.1. The molecule has 8 nitrogen and oxygen atoms in total. The molecule has 8 heteroatoms. The van der Waals surface area contributed by atoms with E-state index < -0.39 is 23.8 Å². The topological polar surface area (TPSA) is 83.5 Å². The Labute approximate surface area is 193 Å². The second-order valence-corrected chi connectivity index (χ2v) is 8.00. The number of carbonyl (C=O) groups excluding carboxylic acids is 2. The lowest BCUT2D eigenvalue weighted by Crippen LogP contribution is -2.33. The monoisotopic (exact) mass is 455 g/mol. The zero-order valence-corrected chi connectivity index (χ0v) is 19.1. The summed E-state index contributed by atoms with van der Waals surface area (Å²) in [6.07, 6.45) is 0.889. The van der Waals surface area contributed by atoms with Crippen LogP contribution < -0.4 is 14.2 Å². The SMILES string of the molecule is CCCOCCN1C(=O)[C@H](c2ccc3c(c2)OCO3)[C@@H](C(=O)OC)[C@H]1c1ccc(OC)cc1. The Balaban J connectivity index is 1.75. The summed E-state index contributed by atoms with van der Waals surface area (Å²) in [5.74, 6) is -0.158. The van der Waals surface area contributed by atoms with Crippen LogP contribution in [0.3, 0.4) is 0 Å². The molecule has 4 rings (SSSR count). The number of benzene rings is 2. The van der Waals surface area contributed by atoms with Gasteiger partial charge in [-0.05, 0) is 41.8 Å². The number of rotatable bonds is 9. The van der Waals surface area contributed by atoms with Crippen LogP contribution in [0.5, 0.6) is 17.2 Å². The molecule has 0 saturated carbocycles. The van der Waals surface area contributed by atoms with E-state index in [9.17, 15) is 9.59 Å². The highest BCUT2D eigenvalue weighted by Crippen LogP contribution is 2.48. The van der Waals surface area contributed by atoms with E-state index in [1.165, 1.54) is 7.11 Å². The second kappa shape index (κ2) is 10.1. The van der Waals surface area contributed by atoms with Crippen LogP contribution in [0.4, 0.5) is 0 Å². The largest absolute Gasteiger partial charge is 0.497 e. The molecule has 2 aromatic carbocycles. The fourth-order valence-corrected chi connectivity index (χ4v) is 4.55. The van der Waals surface area contributed by atoms with E-state index in [4.69, 9.17) is 23.7 Å². The summed E-state index contributed by atoms with van der Waals surface area (Å²) in [4.78, 5) is 28.6. The smallest absolute Gasteiger partial charge is 0.312 e. The molecular formula is C25H29NO7. The number of likely N-dealkylation sites (tertiary alicyclic amines) is 1.